The predicted molar refractivity (Wildman–Crippen MR) is 42.1 cm³/mol. The molecule has 1 N–H and O–H groups in total. The van der Waals surface area contributed by atoms with Gasteiger partial charge in [0.05, 0.1) is 0 Å². The summed E-state index contributed by atoms with van der Waals surface area (Å²) >= 11 is 2.15. The molecule has 1 saturated carbocycles. The minimum atomic E-state index is -0.351. The van der Waals surface area contributed by atoms with E-state index in [2.05, 4.69) is 22.6 Å². The van der Waals surface area contributed by atoms with Crippen LogP contribution in [0.1, 0.15) is 32.1 Å². The second-order valence-electron chi connectivity index (χ2n) is 2.48. The Kier molecular flexibility index (Phi) is 2.14. The Labute approximate surface area is 63.6 Å². The van der Waals surface area contributed by atoms with Crippen molar-refractivity contribution in [2.24, 2.45) is 0 Å². The molecule has 0 amide bonds. The molecule has 1 nitrogen and oxygen atoms in total. The minimum Gasteiger partial charge on any atom is -0.380 e. The van der Waals surface area contributed by atoms with E-state index in [0.717, 1.165) is 12.8 Å². The van der Waals surface area contributed by atoms with Crippen LogP contribution in [0.2, 0.25) is 0 Å². The number of aliphatic hydroxyl groups is 1. The Hall–Kier alpha value is 0.690. The Bertz CT molecular complexity index is 72.6. The molecule has 0 aromatic heterocycles. The first-order valence-electron chi connectivity index (χ1n) is 3.12. The maximum Gasteiger partial charge on any atom is 0.115 e. The van der Waals surface area contributed by atoms with Gasteiger partial charge in [0.2, 0.25) is 0 Å². The van der Waals surface area contributed by atoms with Gasteiger partial charge in [-0.2, -0.15) is 0 Å². The SMILES string of the molecule is OC1(I)CCCCC1. The largest absolute Gasteiger partial charge is 0.380 e. The van der Waals surface area contributed by atoms with Crippen LogP contribution in [0.15, 0.2) is 0 Å². The molecule has 2 heteroatoms. The van der Waals surface area contributed by atoms with Crippen molar-refractivity contribution < 1.29 is 5.11 Å². The fraction of sp³-hybridized carbons (Fsp3) is 1.00. The predicted octanol–water partition coefficient (Wildman–Crippen LogP) is 2.07. The summed E-state index contributed by atoms with van der Waals surface area (Å²) in [6.45, 7) is 0. The van der Waals surface area contributed by atoms with Gasteiger partial charge >= 0.3 is 0 Å². The highest BCUT2D eigenvalue weighted by atomic mass is 127. The van der Waals surface area contributed by atoms with Gasteiger partial charge in [-0.1, -0.05) is 6.42 Å². The Morgan fingerprint density at radius 3 is 1.88 bits per heavy atom. The molecule has 1 aliphatic rings. The maximum absolute atomic E-state index is 9.36. The van der Waals surface area contributed by atoms with Crippen LogP contribution in [0.3, 0.4) is 0 Å². The van der Waals surface area contributed by atoms with Crippen molar-refractivity contribution in [1.29, 1.82) is 0 Å². The topological polar surface area (TPSA) is 20.2 Å². The lowest BCUT2D eigenvalue weighted by atomic mass is 9.98. The third kappa shape index (κ3) is 1.90. The van der Waals surface area contributed by atoms with Crippen LogP contribution in [0.4, 0.5) is 0 Å². The zero-order chi connectivity index (χ0) is 6.04. The normalized spacial score (nSPS) is 27.8. The highest BCUT2D eigenvalue weighted by Gasteiger charge is 2.24. The third-order valence-corrected chi connectivity index (χ3v) is 2.70. The minimum absolute atomic E-state index is 0.351. The van der Waals surface area contributed by atoms with Crippen LogP contribution in [0.25, 0.3) is 0 Å². The smallest absolute Gasteiger partial charge is 0.115 e. The van der Waals surface area contributed by atoms with Crippen molar-refractivity contribution in [2.45, 2.75) is 35.7 Å². The van der Waals surface area contributed by atoms with Crippen molar-refractivity contribution in [2.75, 3.05) is 0 Å². The number of halogens is 1. The second-order valence-corrected chi connectivity index (χ2v) is 4.49. The van der Waals surface area contributed by atoms with E-state index in [-0.39, 0.29) is 3.61 Å². The zero-order valence-electron chi connectivity index (χ0n) is 4.86. The lowest BCUT2D eigenvalue weighted by Crippen LogP contribution is -2.22. The van der Waals surface area contributed by atoms with Crippen LogP contribution in [-0.2, 0) is 0 Å². The highest BCUT2D eigenvalue weighted by molar-refractivity contribution is 14.1. The molecule has 1 rings (SSSR count). The average molecular weight is 226 g/mol. The quantitative estimate of drug-likeness (QED) is 0.495. The molecule has 1 fully saturated rings. The van der Waals surface area contributed by atoms with Crippen LogP contribution in [-0.4, -0.2) is 8.71 Å². The molecule has 0 aliphatic heterocycles. The molecule has 0 saturated heterocycles. The van der Waals surface area contributed by atoms with Gasteiger partial charge in [0, 0.05) is 0 Å². The lowest BCUT2D eigenvalue weighted by Gasteiger charge is -2.25. The van der Waals surface area contributed by atoms with Gasteiger partial charge in [0.25, 0.3) is 0 Å². The summed E-state index contributed by atoms with van der Waals surface area (Å²) in [7, 11) is 0. The van der Waals surface area contributed by atoms with E-state index in [1.54, 1.807) is 0 Å². The van der Waals surface area contributed by atoms with E-state index in [4.69, 9.17) is 0 Å². The first kappa shape index (κ1) is 6.81. The van der Waals surface area contributed by atoms with E-state index in [1.807, 2.05) is 0 Å². The van der Waals surface area contributed by atoms with E-state index in [1.165, 1.54) is 19.3 Å². The molecule has 1 aliphatic carbocycles. The summed E-state index contributed by atoms with van der Waals surface area (Å²) in [5, 5.41) is 9.36. The van der Waals surface area contributed by atoms with E-state index in [0.29, 0.717) is 0 Å². The van der Waals surface area contributed by atoms with Gasteiger partial charge in [0.15, 0.2) is 0 Å². The van der Waals surface area contributed by atoms with Gasteiger partial charge in [-0.3, -0.25) is 0 Å². The van der Waals surface area contributed by atoms with Crippen molar-refractivity contribution in [1.82, 2.24) is 0 Å². The average Bonchev–Trinajstić information content (AvgIpc) is 1.65. The van der Waals surface area contributed by atoms with Gasteiger partial charge in [-0.25, -0.2) is 0 Å². The molecule has 0 radical (unpaired) electrons. The molecule has 8 heavy (non-hydrogen) atoms. The van der Waals surface area contributed by atoms with Crippen LogP contribution < -0.4 is 0 Å². The van der Waals surface area contributed by atoms with Crippen molar-refractivity contribution in [3.05, 3.63) is 0 Å². The van der Waals surface area contributed by atoms with Crippen LogP contribution >= 0.6 is 22.6 Å². The molecular weight excluding hydrogens is 215 g/mol. The summed E-state index contributed by atoms with van der Waals surface area (Å²) in [5.41, 5.74) is 0. The van der Waals surface area contributed by atoms with Crippen molar-refractivity contribution in [3.63, 3.8) is 0 Å². The third-order valence-electron chi connectivity index (χ3n) is 1.62. The van der Waals surface area contributed by atoms with Crippen molar-refractivity contribution >= 4 is 22.6 Å². The lowest BCUT2D eigenvalue weighted by molar-refractivity contribution is 0.112. The summed E-state index contributed by atoms with van der Waals surface area (Å²) in [4.78, 5) is 0. The van der Waals surface area contributed by atoms with Gasteiger partial charge in [-0.05, 0) is 48.3 Å². The van der Waals surface area contributed by atoms with Crippen LogP contribution in [0.5, 0.6) is 0 Å². The van der Waals surface area contributed by atoms with Gasteiger partial charge < -0.3 is 5.11 Å². The van der Waals surface area contributed by atoms with E-state index in [9.17, 15) is 5.11 Å². The fourth-order valence-corrected chi connectivity index (χ4v) is 1.86. The molecule has 0 spiro atoms. The van der Waals surface area contributed by atoms with Gasteiger partial charge in [0.1, 0.15) is 3.61 Å². The fourth-order valence-electron chi connectivity index (χ4n) is 1.09. The summed E-state index contributed by atoms with van der Waals surface area (Å²) < 4.78 is -0.351. The first-order chi connectivity index (χ1) is 3.71. The maximum atomic E-state index is 9.36. The Morgan fingerprint density at radius 2 is 1.62 bits per heavy atom. The van der Waals surface area contributed by atoms with Crippen molar-refractivity contribution in [3.8, 4) is 0 Å². The summed E-state index contributed by atoms with van der Waals surface area (Å²) in [5.74, 6) is 0. The molecule has 0 aromatic carbocycles. The number of rotatable bonds is 0. The molecule has 48 valence electrons. The molecule has 0 aromatic rings. The molecule has 0 unspecified atom stereocenters. The Morgan fingerprint density at radius 1 is 1.12 bits per heavy atom. The number of hydrogen-bond donors (Lipinski definition) is 1. The summed E-state index contributed by atoms with van der Waals surface area (Å²) in [6, 6.07) is 0. The first-order valence-corrected chi connectivity index (χ1v) is 4.20. The van der Waals surface area contributed by atoms with E-state index < -0.39 is 0 Å². The number of hydrogen-bond acceptors (Lipinski definition) is 1. The second kappa shape index (κ2) is 2.52. The summed E-state index contributed by atoms with van der Waals surface area (Å²) in [6.07, 6.45) is 5.71. The molecule has 0 bridgehead atoms. The van der Waals surface area contributed by atoms with E-state index >= 15 is 0 Å². The van der Waals surface area contributed by atoms with Gasteiger partial charge in [-0.15, -0.1) is 0 Å². The van der Waals surface area contributed by atoms with Crippen LogP contribution in [0, 0.1) is 0 Å². The highest BCUT2D eigenvalue weighted by Crippen LogP contribution is 2.33. The zero-order valence-corrected chi connectivity index (χ0v) is 7.02. The number of alkyl halides is 1. The monoisotopic (exact) mass is 226 g/mol. The Balaban J connectivity index is 2.33. The molecular formula is C6H11IO. The molecule has 0 atom stereocenters. The molecule has 0 heterocycles. The standard InChI is InChI=1S/C6H11IO/c7-6(8)4-2-1-3-5-6/h8H,1-5H2.